The number of pyridine rings is 1. The van der Waals surface area contributed by atoms with E-state index in [4.69, 9.17) is 5.73 Å². The summed E-state index contributed by atoms with van der Waals surface area (Å²) in [5, 5.41) is 0.174. The first-order valence-corrected chi connectivity index (χ1v) is 7.07. The third kappa shape index (κ3) is 4.66. The second-order valence-electron chi connectivity index (χ2n) is 3.98. The van der Waals surface area contributed by atoms with Crippen LogP contribution in [0.25, 0.3) is 0 Å². The zero-order chi connectivity index (χ0) is 13.4. The number of thioether (sulfide) groups is 1. The lowest BCUT2D eigenvalue weighted by Crippen LogP contribution is -2.26. The molecular formula is C13H20N2O2S. The summed E-state index contributed by atoms with van der Waals surface area (Å²) >= 11 is 1.69. The summed E-state index contributed by atoms with van der Waals surface area (Å²) < 4.78 is 4.63. The van der Waals surface area contributed by atoms with Gasteiger partial charge in [-0.3, -0.25) is 9.78 Å². The molecule has 0 aliphatic carbocycles. The molecule has 0 bridgehead atoms. The number of esters is 1. The molecule has 2 atom stereocenters. The maximum absolute atomic E-state index is 11.1. The van der Waals surface area contributed by atoms with Gasteiger partial charge in [-0.1, -0.05) is 13.0 Å². The van der Waals surface area contributed by atoms with Gasteiger partial charge < -0.3 is 10.5 Å². The molecule has 0 aliphatic heterocycles. The van der Waals surface area contributed by atoms with E-state index < -0.39 is 0 Å². The fourth-order valence-electron chi connectivity index (χ4n) is 1.60. The molecular weight excluding hydrogens is 248 g/mol. The number of carbonyl (C=O) groups excluding carboxylic acids is 1. The fourth-order valence-corrected chi connectivity index (χ4v) is 2.91. The van der Waals surface area contributed by atoms with E-state index in [0.717, 1.165) is 12.0 Å². The number of aromatic nitrogens is 1. The second kappa shape index (κ2) is 8.11. The van der Waals surface area contributed by atoms with E-state index in [1.807, 2.05) is 18.3 Å². The van der Waals surface area contributed by atoms with Crippen molar-refractivity contribution in [1.82, 2.24) is 4.98 Å². The normalized spacial score (nSPS) is 13.9. The van der Waals surface area contributed by atoms with Crippen LogP contribution in [-0.4, -0.2) is 29.9 Å². The van der Waals surface area contributed by atoms with E-state index in [1.54, 1.807) is 18.0 Å². The second-order valence-corrected chi connectivity index (χ2v) is 5.23. The van der Waals surface area contributed by atoms with Crippen molar-refractivity contribution < 1.29 is 9.53 Å². The van der Waals surface area contributed by atoms with Gasteiger partial charge in [-0.15, -0.1) is 0 Å². The van der Waals surface area contributed by atoms with Crippen molar-refractivity contribution >= 4 is 17.7 Å². The van der Waals surface area contributed by atoms with Crippen LogP contribution in [0.15, 0.2) is 24.5 Å². The van der Waals surface area contributed by atoms with Crippen molar-refractivity contribution in [1.29, 1.82) is 0 Å². The molecule has 5 heteroatoms. The molecule has 100 valence electrons. The molecule has 0 spiro atoms. The molecule has 0 saturated heterocycles. The van der Waals surface area contributed by atoms with E-state index in [2.05, 4.69) is 16.6 Å². The van der Waals surface area contributed by atoms with Gasteiger partial charge in [0.15, 0.2) is 0 Å². The average molecular weight is 268 g/mol. The van der Waals surface area contributed by atoms with Crippen LogP contribution in [0.4, 0.5) is 0 Å². The third-order valence-corrected chi connectivity index (χ3v) is 4.13. The van der Waals surface area contributed by atoms with Crippen molar-refractivity contribution in [3.05, 3.63) is 30.1 Å². The first-order chi connectivity index (χ1) is 8.69. The smallest absolute Gasteiger partial charge is 0.306 e. The lowest BCUT2D eigenvalue weighted by atomic mass is 10.1. The number of methoxy groups -OCH3 is 1. The Balaban J connectivity index is 2.60. The number of carbonyl (C=O) groups is 1. The first kappa shape index (κ1) is 15.0. The molecule has 0 fully saturated rings. The minimum Gasteiger partial charge on any atom is -0.469 e. The summed E-state index contributed by atoms with van der Waals surface area (Å²) in [6, 6.07) is 4.00. The monoisotopic (exact) mass is 268 g/mol. The summed E-state index contributed by atoms with van der Waals surface area (Å²) in [6.07, 6.45) is 4.89. The van der Waals surface area contributed by atoms with Crippen LogP contribution in [0.3, 0.4) is 0 Å². The Hall–Kier alpha value is -1.07. The van der Waals surface area contributed by atoms with Gasteiger partial charge in [0.05, 0.1) is 13.5 Å². The van der Waals surface area contributed by atoms with Crippen molar-refractivity contribution in [2.45, 2.75) is 31.1 Å². The molecule has 1 aromatic rings. The Morgan fingerprint density at radius 2 is 2.39 bits per heavy atom. The molecule has 0 aromatic carbocycles. The van der Waals surface area contributed by atoms with E-state index in [9.17, 15) is 4.79 Å². The van der Waals surface area contributed by atoms with Gasteiger partial charge in [0, 0.05) is 29.4 Å². The lowest BCUT2D eigenvalue weighted by molar-refractivity contribution is -0.140. The molecule has 0 aliphatic rings. The summed E-state index contributed by atoms with van der Waals surface area (Å²) in [7, 11) is 1.41. The highest BCUT2D eigenvalue weighted by molar-refractivity contribution is 7.99. The predicted octanol–water partition coefficient (Wildman–Crippen LogP) is 2.16. The quantitative estimate of drug-likeness (QED) is 0.768. The topological polar surface area (TPSA) is 65.2 Å². The Morgan fingerprint density at radius 3 is 2.94 bits per heavy atom. The largest absolute Gasteiger partial charge is 0.469 e. The summed E-state index contributed by atoms with van der Waals surface area (Å²) in [6.45, 7) is 2.06. The maximum atomic E-state index is 11.1. The SMILES string of the molecule is CCC(N)C(SCCC(=O)OC)c1cccnc1. The number of rotatable bonds is 7. The predicted molar refractivity (Wildman–Crippen MR) is 74.3 cm³/mol. The van der Waals surface area contributed by atoms with Gasteiger partial charge in [-0.2, -0.15) is 11.8 Å². The van der Waals surface area contributed by atoms with Crippen molar-refractivity contribution in [3.63, 3.8) is 0 Å². The number of hydrogen-bond acceptors (Lipinski definition) is 5. The Kier molecular flexibility index (Phi) is 6.75. The molecule has 2 N–H and O–H groups in total. The number of nitrogens with zero attached hydrogens (tertiary/aromatic N) is 1. The van der Waals surface area contributed by atoms with Crippen LogP contribution in [0.1, 0.15) is 30.6 Å². The van der Waals surface area contributed by atoms with Crippen LogP contribution in [0.2, 0.25) is 0 Å². The maximum Gasteiger partial charge on any atom is 0.306 e. The van der Waals surface area contributed by atoms with Crippen LogP contribution in [-0.2, 0) is 9.53 Å². The number of hydrogen-bond donors (Lipinski definition) is 1. The molecule has 2 unspecified atom stereocenters. The third-order valence-electron chi connectivity index (χ3n) is 2.70. The minimum absolute atomic E-state index is 0.0665. The van der Waals surface area contributed by atoms with Gasteiger partial charge in [0.1, 0.15) is 0 Å². The molecule has 0 amide bonds. The van der Waals surface area contributed by atoms with Gasteiger partial charge in [0.25, 0.3) is 0 Å². The van der Waals surface area contributed by atoms with Gasteiger partial charge >= 0.3 is 5.97 Å². The highest BCUT2D eigenvalue weighted by Crippen LogP contribution is 2.32. The van der Waals surface area contributed by atoms with Gasteiger partial charge in [0.2, 0.25) is 0 Å². The number of nitrogens with two attached hydrogens (primary N) is 1. The summed E-state index contributed by atoms with van der Waals surface area (Å²) in [5.41, 5.74) is 7.25. The molecule has 0 saturated carbocycles. The van der Waals surface area contributed by atoms with E-state index in [0.29, 0.717) is 12.2 Å². The molecule has 18 heavy (non-hydrogen) atoms. The van der Waals surface area contributed by atoms with Gasteiger partial charge in [-0.05, 0) is 18.1 Å². The van der Waals surface area contributed by atoms with Crippen molar-refractivity contribution in [2.24, 2.45) is 5.73 Å². The Labute approximate surface area is 112 Å². The zero-order valence-electron chi connectivity index (χ0n) is 10.8. The van der Waals surface area contributed by atoms with E-state index in [-0.39, 0.29) is 17.3 Å². The van der Waals surface area contributed by atoms with E-state index in [1.165, 1.54) is 7.11 Å². The average Bonchev–Trinajstić information content (AvgIpc) is 2.43. The standard InChI is InChI=1S/C13H20N2O2S/c1-3-11(14)13(10-5-4-7-15-9-10)18-8-6-12(16)17-2/h4-5,7,9,11,13H,3,6,8,14H2,1-2H3. The van der Waals surface area contributed by atoms with Crippen LogP contribution in [0, 0.1) is 0 Å². The van der Waals surface area contributed by atoms with Crippen LogP contribution in [0.5, 0.6) is 0 Å². The molecule has 1 rings (SSSR count). The van der Waals surface area contributed by atoms with Gasteiger partial charge in [-0.25, -0.2) is 0 Å². The molecule has 0 radical (unpaired) electrons. The summed E-state index contributed by atoms with van der Waals surface area (Å²) in [5.74, 6) is 0.525. The van der Waals surface area contributed by atoms with Crippen LogP contribution >= 0.6 is 11.8 Å². The fraction of sp³-hybridized carbons (Fsp3) is 0.538. The van der Waals surface area contributed by atoms with Crippen molar-refractivity contribution in [2.75, 3.05) is 12.9 Å². The summed E-state index contributed by atoms with van der Waals surface area (Å²) in [4.78, 5) is 15.2. The molecule has 1 aromatic heterocycles. The van der Waals surface area contributed by atoms with Crippen LogP contribution < -0.4 is 5.73 Å². The Morgan fingerprint density at radius 1 is 1.61 bits per heavy atom. The van der Waals surface area contributed by atoms with Crippen molar-refractivity contribution in [3.8, 4) is 0 Å². The highest BCUT2D eigenvalue weighted by atomic mass is 32.2. The minimum atomic E-state index is -0.183. The van der Waals surface area contributed by atoms with E-state index >= 15 is 0 Å². The molecule has 4 nitrogen and oxygen atoms in total. The molecule has 1 heterocycles. The first-order valence-electron chi connectivity index (χ1n) is 6.03. The Bertz CT molecular complexity index is 359. The highest BCUT2D eigenvalue weighted by Gasteiger charge is 2.19. The lowest BCUT2D eigenvalue weighted by Gasteiger charge is -2.22. The zero-order valence-corrected chi connectivity index (χ0v) is 11.7. The number of ether oxygens (including phenoxy) is 1.